The van der Waals surface area contributed by atoms with Gasteiger partial charge in [-0.3, -0.25) is 9.69 Å². The van der Waals surface area contributed by atoms with Crippen LogP contribution in [0.25, 0.3) is 0 Å². The summed E-state index contributed by atoms with van der Waals surface area (Å²) in [6.45, 7) is 4.99. The molecule has 1 unspecified atom stereocenters. The number of hydrogen-bond donors (Lipinski definition) is 0. The summed E-state index contributed by atoms with van der Waals surface area (Å²) in [6, 6.07) is 13.8. The number of carbonyl (C=O) groups is 1. The third-order valence-electron chi connectivity index (χ3n) is 6.54. The molecular formula is C24H29N3O5S. The number of nitrogens with zero attached hydrogens (tertiary/aromatic N) is 3. The van der Waals surface area contributed by atoms with E-state index >= 15 is 0 Å². The standard InChI is InChI=1S/C24H29N3O5S/c28-24(21-7-4-10-27(21)33(29,30)20-5-2-1-3-6-20)26-13-11-25(12-14-26)18-19-8-9-22-23(17-19)32-16-15-31-22/h1-3,5-6,8-9,17,21H,4,7,10-16,18H2. The number of piperazine rings is 1. The van der Waals surface area contributed by atoms with Crippen LogP contribution in [-0.4, -0.2) is 80.4 Å². The fraction of sp³-hybridized carbons (Fsp3) is 0.458. The highest BCUT2D eigenvalue weighted by Crippen LogP contribution is 2.31. The van der Waals surface area contributed by atoms with Gasteiger partial charge in [-0.1, -0.05) is 24.3 Å². The zero-order valence-electron chi connectivity index (χ0n) is 18.6. The van der Waals surface area contributed by atoms with E-state index in [2.05, 4.69) is 11.0 Å². The number of carbonyl (C=O) groups excluding carboxylic acids is 1. The number of ether oxygens (including phenoxy) is 2. The lowest BCUT2D eigenvalue weighted by molar-refractivity contribution is -0.136. The second-order valence-corrected chi connectivity index (χ2v) is 10.6. The van der Waals surface area contributed by atoms with E-state index in [1.165, 1.54) is 4.31 Å². The summed E-state index contributed by atoms with van der Waals surface area (Å²) in [4.78, 5) is 17.7. The van der Waals surface area contributed by atoms with Gasteiger partial charge in [0.1, 0.15) is 19.3 Å². The lowest BCUT2D eigenvalue weighted by atomic mass is 10.1. The van der Waals surface area contributed by atoms with Crippen molar-refractivity contribution in [1.29, 1.82) is 0 Å². The molecule has 0 saturated carbocycles. The van der Waals surface area contributed by atoms with Crippen molar-refractivity contribution in [3.8, 4) is 11.5 Å². The van der Waals surface area contributed by atoms with Gasteiger partial charge in [-0.25, -0.2) is 8.42 Å². The number of benzene rings is 2. The Morgan fingerprint density at radius 3 is 2.39 bits per heavy atom. The second kappa shape index (κ2) is 9.32. The number of rotatable bonds is 5. The van der Waals surface area contributed by atoms with Crippen LogP contribution in [0.3, 0.4) is 0 Å². The van der Waals surface area contributed by atoms with Crippen molar-refractivity contribution in [1.82, 2.24) is 14.1 Å². The largest absolute Gasteiger partial charge is 0.486 e. The van der Waals surface area contributed by atoms with E-state index < -0.39 is 16.1 Å². The smallest absolute Gasteiger partial charge is 0.243 e. The molecule has 1 amide bonds. The van der Waals surface area contributed by atoms with Gasteiger partial charge in [0.05, 0.1) is 4.90 Å². The Labute approximate surface area is 194 Å². The molecule has 0 aliphatic carbocycles. The SMILES string of the molecule is O=C(C1CCCN1S(=O)(=O)c1ccccc1)N1CCN(Cc2ccc3c(c2)OCCO3)CC1. The molecule has 3 aliphatic rings. The molecule has 2 aromatic carbocycles. The fourth-order valence-corrected chi connectivity index (χ4v) is 6.46. The van der Waals surface area contributed by atoms with Crippen molar-refractivity contribution in [2.24, 2.45) is 0 Å². The van der Waals surface area contributed by atoms with E-state index in [4.69, 9.17) is 9.47 Å². The van der Waals surface area contributed by atoms with Gasteiger partial charge in [-0.2, -0.15) is 4.31 Å². The van der Waals surface area contributed by atoms with E-state index in [9.17, 15) is 13.2 Å². The van der Waals surface area contributed by atoms with E-state index in [1.807, 2.05) is 17.0 Å². The maximum Gasteiger partial charge on any atom is 0.243 e. The second-order valence-electron chi connectivity index (χ2n) is 8.67. The van der Waals surface area contributed by atoms with Gasteiger partial charge in [-0.15, -0.1) is 0 Å². The molecule has 8 nitrogen and oxygen atoms in total. The molecule has 2 aromatic rings. The van der Waals surface area contributed by atoms with Crippen LogP contribution in [0.1, 0.15) is 18.4 Å². The molecule has 3 aliphatic heterocycles. The van der Waals surface area contributed by atoms with E-state index in [0.717, 1.165) is 36.7 Å². The molecule has 33 heavy (non-hydrogen) atoms. The van der Waals surface area contributed by atoms with Gasteiger partial charge in [0.15, 0.2) is 11.5 Å². The van der Waals surface area contributed by atoms with Crippen LogP contribution in [0.5, 0.6) is 11.5 Å². The molecule has 2 saturated heterocycles. The Hall–Kier alpha value is -2.62. The van der Waals surface area contributed by atoms with Gasteiger partial charge >= 0.3 is 0 Å². The number of sulfonamides is 1. The summed E-state index contributed by atoms with van der Waals surface area (Å²) in [5, 5.41) is 0. The molecule has 5 rings (SSSR count). The average molecular weight is 472 g/mol. The lowest BCUT2D eigenvalue weighted by Gasteiger charge is -2.37. The first-order valence-electron chi connectivity index (χ1n) is 11.5. The molecule has 0 radical (unpaired) electrons. The summed E-state index contributed by atoms with van der Waals surface area (Å²) in [7, 11) is -3.68. The normalized spacial score (nSPS) is 21.8. The summed E-state index contributed by atoms with van der Waals surface area (Å²) in [6.07, 6.45) is 1.27. The Balaban J connectivity index is 1.20. The first kappa shape index (κ1) is 22.2. The number of amides is 1. The van der Waals surface area contributed by atoms with Gasteiger partial charge in [0.2, 0.25) is 15.9 Å². The molecule has 3 heterocycles. The third-order valence-corrected chi connectivity index (χ3v) is 8.46. The molecule has 2 fully saturated rings. The minimum Gasteiger partial charge on any atom is -0.486 e. The maximum absolute atomic E-state index is 13.3. The van der Waals surface area contributed by atoms with Gasteiger partial charge < -0.3 is 14.4 Å². The van der Waals surface area contributed by atoms with Crippen LogP contribution in [-0.2, 0) is 21.4 Å². The van der Waals surface area contributed by atoms with Gasteiger partial charge in [-0.05, 0) is 42.7 Å². The molecule has 0 N–H and O–H groups in total. The van der Waals surface area contributed by atoms with E-state index in [1.54, 1.807) is 30.3 Å². The monoisotopic (exact) mass is 471 g/mol. The van der Waals surface area contributed by atoms with Crippen LogP contribution >= 0.6 is 0 Å². The summed E-state index contributed by atoms with van der Waals surface area (Å²) in [5.41, 5.74) is 1.15. The van der Waals surface area contributed by atoms with Crippen LogP contribution in [0.4, 0.5) is 0 Å². The number of fused-ring (bicyclic) bond motifs is 1. The minimum absolute atomic E-state index is 0.0778. The quantitative estimate of drug-likeness (QED) is 0.663. The van der Waals surface area contributed by atoms with E-state index in [0.29, 0.717) is 45.7 Å². The maximum atomic E-state index is 13.3. The fourth-order valence-electron chi connectivity index (χ4n) is 4.78. The zero-order valence-corrected chi connectivity index (χ0v) is 19.4. The summed E-state index contributed by atoms with van der Waals surface area (Å²) >= 11 is 0. The first-order valence-corrected chi connectivity index (χ1v) is 12.9. The highest BCUT2D eigenvalue weighted by Gasteiger charge is 2.41. The molecule has 1 atom stereocenters. The molecule has 0 bridgehead atoms. The predicted molar refractivity (Wildman–Crippen MR) is 123 cm³/mol. The van der Waals surface area contributed by atoms with Crippen molar-refractivity contribution >= 4 is 15.9 Å². The van der Waals surface area contributed by atoms with Gasteiger partial charge in [0.25, 0.3) is 0 Å². The Kier molecular flexibility index (Phi) is 6.27. The topological polar surface area (TPSA) is 79.4 Å². The Morgan fingerprint density at radius 1 is 0.909 bits per heavy atom. The van der Waals surface area contributed by atoms with Crippen molar-refractivity contribution in [3.05, 3.63) is 54.1 Å². The summed E-state index contributed by atoms with van der Waals surface area (Å²) in [5.74, 6) is 1.49. The van der Waals surface area contributed by atoms with Crippen LogP contribution < -0.4 is 9.47 Å². The number of hydrogen-bond acceptors (Lipinski definition) is 6. The van der Waals surface area contributed by atoms with Crippen molar-refractivity contribution in [2.45, 2.75) is 30.3 Å². The molecule has 0 spiro atoms. The predicted octanol–water partition coefficient (Wildman–Crippen LogP) is 1.96. The average Bonchev–Trinajstić information content (AvgIpc) is 3.36. The van der Waals surface area contributed by atoms with Crippen LogP contribution in [0, 0.1) is 0 Å². The molecular weight excluding hydrogens is 442 g/mol. The van der Waals surface area contributed by atoms with Crippen LogP contribution in [0.2, 0.25) is 0 Å². The highest BCUT2D eigenvalue weighted by atomic mass is 32.2. The Morgan fingerprint density at radius 2 is 1.64 bits per heavy atom. The first-order chi connectivity index (χ1) is 16.0. The third kappa shape index (κ3) is 4.58. The molecule has 176 valence electrons. The van der Waals surface area contributed by atoms with Crippen LogP contribution in [0.15, 0.2) is 53.4 Å². The molecule has 9 heteroatoms. The van der Waals surface area contributed by atoms with Crippen molar-refractivity contribution < 1.29 is 22.7 Å². The minimum atomic E-state index is -3.68. The van der Waals surface area contributed by atoms with Crippen molar-refractivity contribution in [3.63, 3.8) is 0 Å². The lowest BCUT2D eigenvalue weighted by Crippen LogP contribution is -2.54. The zero-order chi connectivity index (χ0) is 22.8. The van der Waals surface area contributed by atoms with Crippen molar-refractivity contribution in [2.75, 3.05) is 45.9 Å². The van der Waals surface area contributed by atoms with E-state index in [-0.39, 0.29) is 10.8 Å². The van der Waals surface area contributed by atoms with Gasteiger partial charge in [0, 0.05) is 39.3 Å². The highest BCUT2D eigenvalue weighted by molar-refractivity contribution is 7.89. The summed E-state index contributed by atoms with van der Waals surface area (Å²) < 4.78 is 38.9. The molecule has 0 aromatic heterocycles. The Bertz CT molecular complexity index is 1100.